The molecule has 0 spiro atoms. The number of aliphatic hydroxyl groups is 2. The third kappa shape index (κ3) is 1.84. The summed E-state index contributed by atoms with van der Waals surface area (Å²) in [5.74, 6) is -1.72. The van der Waals surface area contributed by atoms with Crippen molar-refractivity contribution in [2.24, 2.45) is 0 Å². The van der Waals surface area contributed by atoms with Crippen LogP contribution in [0.3, 0.4) is 0 Å². The van der Waals surface area contributed by atoms with Crippen LogP contribution in [0.2, 0.25) is 0 Å². The van der Waals surface area contributed by atoms with Gasteiger partial charge in [0, 0.05) is 5.56 Å². The lowest BCUT2D eigenvalue weighted by molar-refractivity contribution is -0.152. The van der Waals surface area contributed by atoms with Gasteiger partial charge in [0.1, 0.15) is 0 Å². The summed E-state index contributed by atoms with van der Waals surface area (Å²) in [7, 11) is 0. The largest absolute Gasteiger partial charge is 0.362 e. The minimum absolute atomic E-state index is 0.533. The maximum atomic E-state index is 9.26. The standard InChI is InChI=1S/C10H14O2/c1-7-4-5-9(6-8(7)2)10(3,11)12/h4-6,11-12H,1-3H3. The van der Waals surface area contributed by atoms with Gasteiger partial charge in [-0.3, -0.25) is 0 Å². The maximum absolute atomic E-state index is 9.26. The van der Waals surface area contributed by atoms with Crippen molar-refractivity contribution < 1.29 is 10.2 Å². The molecule has 0 heterocycles. The van der Waals surface area contributed by atoms with Gasteiger partial charge in [0.2, 0.25) is 0 Å². The monoisotopic (exact) mass is 166 g/mol. The Morgan fingerprint density at radius 2 is 1.67 bits per heavy atom. The Morgan fingerprint density at radius 1 is 1.08 bits per heavy atom. The molecule has 12 heavy (non-hydrogen) atoms. The zero-order chi connectivity index (χ0) is 9.35. The van der Waals surface area contributed by atoms with Gasteiger partial charge in [0.15, 0.2) is 5.79 Å². The van der Waals surface area contributed by atoms with Crippen LogP contribution >= 0.6 is 0 Å². The van der Waals surface area contributed by atoms with Gasteiger partial charge in [-0.2, -0.15) is 0 Å². The Hall–Kier alpha value is -0.860. The normalized spacial score (nSPS) is 11.8. The molecule has 0 unspecified atom stereocenters. The number of benzene rings is 1. The van der Waals surface area contributed by atoms with Gasteiger partial charge in [-0.05, 0) is 31.9 Å². The van der Waals surface area contributed by atoms with Crippen molar-refractivity contribution in [2.45, 2.75) is 26.6 Å². The average Bonchev–Trinajstić information content (AvgIpc) is 1.92. The number of rotatable bonds is 1. The topological polar surface area (TPSA) is 40.5 Å². The number of hydrogen-bond acceptors (Lipinski definition) is 2. The van der Waals surface area contributed by atoms with Crippen molar-refractivity contribution in [3.8, 4) is 0 Å². The van der Waals surface area contributed by atoms with Crippen LogP contribution in [0.1, 0.15) is 23.6 Å². The molecule has 1 aromatic rings. The molecule has 0 saturated carbocycles. The quantitative estimate of drug-likeness (QED) is 0.620. The van der Waals surface area contributed by atoms with Gasteiger partial charge in [0.05, 0.1) is 0 Å². The molecule has 2 nitrogen and oxygen atoms in total. The van der Waals surface area contributed by atoms with Gasteiger partial charge >= 0.3 is 0 Å². The first-order chi connectivity index (χ1) is 5.41. The lowest BCUT2D eigenvalue weighted by atomic mass is 10.0. The summed E-state index contributed by atoms with van der Waals surface area (Å²) in [5.41, 5.74) is 2.76. The molecule has 0 aliphatic heterocycles. The third-order valence-electron chi connectivity index (χ3n) is 2.05. The predicted octanol–water partition coefficient (Wildman–Crippen LogP) is 1.46. The lowest BCUT2D eigenvalue weighted by Gasteiger charge is -2.17. The predicted molar refractivity (Wildman–Crippen MR) is 47.7 cm³/mol. The maximum Gasteiger partial charge on any atom is 0.186 e. The van der Waals surface area contributed by atoms with E-state index in [0.717, 1.165) is 11.1 Å². The molecular formula is C10H14O2. The number of hydrogen-bond donors (Lipinski definition) is 2. The summed E-state index contributed by atoms with van der Waals surface area (Å²) in [6, 6.07) is 5.40. The molecule has 1 rings (SSSR count). The Bertz CT molecular complexity index is 284. The van der Waals surface area contributed by atoms with E-state index in [-0.39, 0.29) is 0 Å². The molecule has 0 saturated heterocycles. The van der Waals surface area contributed by atoms with Crippen LogP contribution in [-0.2, 0) is 5.79 Å². The minimum atomic E-state index is -1.72. The highest BCUT2D eigenvalue weighted by molar-refractivity contribution is 5.31. The molecule has 0 aliphatic carbocycles. The molecule has 0 aromatic heterocycles. The van der Waals surface area contributed by atoms with Crippen molar-refractivity contribution in [2.75, 3.05) is 0 Å². The second-order valence-electron chi connectivity index (χ2n) is 3.32. The lowest BCUT2D eigenvalue weighted by Crippen LogP contribution is -2.19. The van der Waals surface area contributed by atoms with E-state index in [4.69, 9.17) is 0 Å². The molecule has 0 radical (unpaired) electrons. The number of aryl methyl sites for hydroxylation is 2. The zero-order valence-corrected chi connectivity index (χ0v) is 7.63. The Labute approximate surface area is 72.5 Å². The van der Waals surface area contributed by atoms with E-state index in [9.17, 15) is 10.2 Å². The van der Waals surface area contributed by atoms with Crippen molar-refractivity contribution in [1.82, 2.24) is 0 Å². The van der Waals surface area contributed by atoms with E-state index < -0.39 is 5.79 Å². The first kappa shape index (κ1) is 9.23. The third-order valence-corrected chi connectivity index (χ3v) is 2.05. The van der Waals surface area contributed by atoms with Crippen molar-refractivity contribution in [1.29, 1.82) is 0 Å². The first-order valence-electron chi connectivity index (χ1n) is 3.94. The second-order valence-corrected chi connectivity index (χ2v) is 3.32. The molecule has 0 fully saturated rings. The molecule has 2 N–H and O–H groups in total. The van der Waals surface area contributed by atoms with Crippen molar-refractivity contribution in [3.05, 3.63) is 34.9 Å². The molecule has 1 aromatic carbocycles. The van der Waals surface area contributed by atoms with E-state index >= 15 is 0 Å². The van der Waals surface area contributed by atoms with Gasteiger partial charge in [-0.25, -0.2) is 0 Å². The molecule has 0 amide bonds. The van der Waals surface area contributed by atoms with Crippen LogP contribution in [0.15, 0.2) is 18.2 Å². The van der Waals surface area contributed by atoms with E-state index in [0.29, 0.717) is 5.56 Å². The van der Waals surface area contributed by atoms with Crippen LogP contribution in [-0.4, -0.2) is 10.2 Å². The molecule has 0 aliphatic rings. The smallest absolute Gasteiger partial charge is 0.186 e. The zero-order valence-electron chi connectivity index (χ0n) is 7.63. The fourth-order valence-electron chi connectivity index (χ4n) is 1.04. The van der Waals surface area contributed by atoms with E-state index in [1.54, 1.807) is 12.1 Å². The Morgan fingerprint density at radius 3 is 2.08 bits per heavy atom. The Kier molecular flexibility index (Phi) is 2.22. The second kappa shape index (κ2) is 2.88. The highest BCUT2D eigenvalue weighted by Gasteiger charge is 2.18. The minimum Gasteiger partial charge on any atom is -0.362 e. The summed E-state index contributed by atoms with van der Waals surface area (Å²) in [6.45, 7) is 5.30. The van der Waals surface area contributed by atoms with Crippen molar-refractivity contribution >= 4 is 0 Å². The highest BCUT2D eigenvalue weighted by Crippen LogP contribution is 2.19. The molecule has 0 bridgehead atoms. The van der Waals surface area contributed by atoms with E-state index in [2.05, 4.69) is 0 Å². The van der Waals surface area contributed by atoms with Crippen LogP contribution in [0.4, 0.5) is 0 Å². The fraction of sp³-hybridized carbons (Fsp3) is 0.400. The van der Waals surface area contributed by atoms with E-state index in [1.807, 2.05) is 19.9 Å². The summed E-state index contributed by atoms with van der Waals surface area (Å²) < 4.78 is 0. The molecular weight excluding hydrogens is 152 g/mol. The van der Waals surface area contributed by atoms with Crippen LogP contribution in [0.25, 0.3) is 0 Å². The summed E-state index contributed by atoms with van der Waals surface area (Å²) >= 11 is 0. The first-order valence-corrected chi connectivity index (χ1v) is 3.94. The van der Waals surface area contributed by atoms with Crippen LogP contribution in [0.5, 0.6) is 0 Å². The van der Waals surface area contributed by atoms with Gasteiger partial charge in [0.25, 0.3) is 0 Å². The summed E-state index contributed by atoms with van der Waals surface area (Å²) in [6.07, 6.45) is 0. The molecule has 0 atom stereocenters. The van der Waals surface area contributed by atoms with Crippen LogP contribution in [0, 0.1) is 13.8 Å². The van der Waals surface area contributed by atoms with Gasteiger partial charge < -0.3 is 10.2 Å². The van der Waals surface area contributed by atoms with Crippen LogP contribution < -0.4 is 0 Å². The Balaban J connectivity index is 3.14. The fourth-order valence-corrected chi connectivity index (χ4v) is 1.04. The average molecular weight is 166 g/mol. The van der Waals surface area contributed by atoms with E-state index in [1.165, 1.54) is 6.92 Å². The molecule has 2 heteroatoms. The SMILES string of the molecule is Cc1ccc(C(C)(O)O)cc1C. The summed E-state index contributed by atoms with van der Waals surface area (Å²) in [4.78, 5) is 0. The van der Waals surface area contributed by atoms with Crippen molar-refractivity contribution in [3.63, 3.8) is 0 Å². The highest BCUT2D eigenvalue weighted by atomic mass is 16.5. The van der Waals surface area contributed by atoms with Gasteiger partial charge in [-0.1, -0.05) is 18.2 Å². The summed E-state index contributed by atoms with van der Waals surface area (Å²) in [5, 5.41) is 18.5. The van der Waals surface area contributed by atoms with Gasteiger partial charge in [-0.15, -0.1) is 0 Å². The molecule has 66 valence electrons.